The third-order valence-corrected chi connectivity index (χ3v) is 5.59. The van der Waals surface area contributed by atoms with E-state index >= 15 is 0 Å². The van der Waals surface area contributed by atoms with E-state index in [2.05, 4.69) is 17.1 Å². The number of aromatic amines is 1. The first-order chi connectivity index (χ1) is 14.7. The SMILES string of the molecule is CC(C)CN(C(=O)C[NH+]1CCc2ccccc2C1)c1c(N)n(CC(C)C)c(=O)[nH]c1=O. The number of aromatic nitrogens is 2. The highest BCUT2D eigenvalue weighted by atomic mass is 16.2. The van der Waals surface area contributed by atoms with Crippen molar-refractivity contribution in [3.63, 3.8) is 0 Å². The Kier molecular flexibility index (Phi) is 7.00. The summed E-state index contributed by atoms with van der Waals surface area (Å²) < 4.78 is 1.35. The van der Waals surface area contributed by atoms with Gasteiger partial charge >= 0.3 is 5.69 Å². The van der Waals surface area contributed by atoms with Crippen LogP contribution in [0.4, 0.5) is 11.5 Å². The topological polar surface area (TPSA) is 106 Å². The van der Waals surface area contributed by atoms with Gasteiger partial charge in [0.05, 0.1) is 6.54 Å². The van der Waals surface area contributed by atoms with E-state index < -0.39 is 11.2 Å². The van der Waals surface area contributed by atoms with Gasteiger partial charge in [-0.1, -0.05) is 52.0 Å². The van der Waals surface area contributed by atoms with Crippen LogP contribution in [0.25, 0.3) is 0 Å². The summed E-state index contributed by atoms with van der Waals surface area (Å²) >= 11 is 0. The summed E-state index contributed by atoms with van der Waals surface area (Å²) in [7, 11) is 0. The molecule has 1 amide bonds. The molecule has 3 rings (SSSR count). The molecule has 1 aromatic heterocycles. The van der Waals surface area contributed by atoms with Crippen LogP contribution in [0, 0.1) is 11.8 Å². The van der Waals surface area contributed by atoms with Gasteiger partial charge in [-0.2, -0.15) is 0 Å². The van der Waals surface area contributed by atoms with Crippen LogP contribution in [0.3, 0.4) is 0 Å². The second-order valence-electron chi connectivity index (χ2n) is 9.27. The fourth-order valence-electron chi connectivity index (χ4n) is 4.17. The highest BCUT2D eigenvalue weighted by Crippen LogP contribution is 2.19. The molecule has 1 aliphatic heterocycles. The molecule has 31 heavy (non-hydrogen) atoms. The number of benzene rings is 1. The lowest BCUT2D eigenvalue weighted by Crippen LogP contribution is -3.13. The number of carbonyl (C=O) groups excluding carboxylic acids is 1. The van der Waals surface area contributed by atoms with Crippen molar-refractivity contribution < 1.29 is 9.69 Å². The van der Waals surface area contributed by atoms with Crippen molar-refractivity contribution in [3.05, 3.63) is 56.2 Å². The number of hydrogen-bond acceptors (Lipinski definition) is 4. The molecule has 0 bridgehead atoms. The number of nitrogens with zero attached hydrogens (tertiary/aromatic N) is 2. The van der Waals surface area contributed by atoms with Crippen molar-refractivity contribution in [1.82, 2.24) is 9.55 Å². The van der Waals surface area contributed by atoms with Gasteiger partial charge in [-0.15, -0.1) is 0 Å². The molecule has 8 heteroatoms. The molecule has 1 aromatic carbocycles. The Hall–Kier alpha value is -2.87. The third-order valence-electron chi connectivity index (χ3n) is 5.59. The number of carbonyl (C=O) groups is 1. The van der Waals surface area contributed by atoms with Crippen molar-refractivity contribution in [3.8, 4) is 0 Å². The van der Waals surface area contributed by atoms with Crippen LogP contribution in [0.2, 0.25) is 0 Å². The fourth-order valence-corrected chi connectivity index (χ4v) is 4.17. The molecular weight excluding hydrogens is 394 g/mol. The second-order valence-corrected chi connectivity index (χ2v) is 9.27. The van der Waals surface area contributed by atoms with Crippen molar-refractivity contribution in [1.29, 1.82) is 0 Å². The van der Waals surface area contributed by atoms with Gasteiger partial charge in [-0.3, -0.25) is 24.0 Å². The van der Waals surface area contributed by atoms with Crippen LogP contribution in [0.5, 0.6) is 0 Å². The van der Waals surface area contributed by atoms with E-state index in [1.54, 1.807) is 0 Å². The number of quaternary nitrogens is 1. The lowest BCUT2D eigenvalue weighted by Gasteiger charge is -2.30. The summed E-state index contributed by atoms with van der Waals surface area (Å²) in [4.78, 5) is 43.4. The minimum absolute atomic E-state index is 0.0513. The third kappa shape index (κ3) is 5.25. The quantitative estimate of drug-likeness (QED) is 0.594. The zero-order valence-electron chi connectivity index (χ0n) is 18.9. The van der Waals surface area contributed by atoms with E-state index in [0.717, 1.165) is 24.4 Å². The molecule has 2 heterocycles. The zero-order valence-corrected chi connectivity index (χ0v) is 18.9. The molecule has 1 unspecified atom stereocenters. The van der Waals surface area contributed by atoms with Gasteiger partial charge in [0.1, 0.15) is 12.4 Å². The molecule has 0 saturated heterocycles. The lowest BCUT2D eigenvalue weighted by atomic mass is 10.00. The zero-order chi connectivity index (χ0) is 22.7. The van der Waals surface area contributed by atoms with Crippen LogP contribution in [-0.2, 0) is 24.3 Å². The van der Waals surface area contributed by atoms with Crippen molar-refractivity contribution in [2.24, 2.45) is 11.8 Å². The summed E-state index contributed by atoms with van der Waals surface area (Å²) in [5.74, 6) is 0.182. The number of fused-ring (bicyclic) bond motifs is 1. The Labute approximate surface area is 182 Å². The number of anilines is 2. The summed E-state index contributed by atoms with van der Waals surface area (Å²) in [5, 5.41) is 0. The van der Waals surface area contributed by atoms with Crippen LogP contribution >= 0.6 is 0 Å². The standard InChI is InChI=1S/C23H33N5O3/c1-15(2)11-27(20-21(24)28(12-16(3)4)23(31)25-22(20)30)19(29)14-26-10-9-17-7-5-6-8-18(17)13-26/h5-8,15-16H,9-14,24H2,1-4H3,(H,25,30,31)/p+1. The van der Waals surface area contributed by atoms with Crippen LogP contribution in [0.1, 0.15) is 38.8 Å². The van der Waals surface area contributed by atoms with Crippen molar-refractivity contribution in [2.75, 3.05) is 30.3 Å². The Morgan fingerprint density at radius 3 is 2.48 bits per heavy atom. The monoisotopic (exact) mass is 428 g/mol. The Bertz CT molecular complexity index is 1050. The fraction of sp³-hybridized carbons (Fsp3) is 0.522. The smallest absolute Gasteiger partial charge is 0.330 e. The second kappa shape index (κ2) is 9.51. The lowest BCUT2D eigenvalue weighted by molar-refractivity contribution is -0.907. The Balaban J connectivity index is 1.91. The number of nitrogen functional groups attached to an aromatic ring is 1. The normalized spacial score (nSPS) is 15.9. The van der Waals surface area contributed by atoms with Gasteiger partial charge in [0.15, 0.2) is 12.2 Å². The number of hydrogen-bond donors (Lipinski definition) is 3. The maximum atomic E-state index is 13.4. The maximum Gasteiger partial charge on any atom is 0.330 e. The largest absolute Gasteiger partial charge is 0.383 e. The van der Waals surface area contributed by atoms with Crippen LogP contribution < -0.4 is 26.8 Å². The molecule has 2 aromatic rings. The minimum atomic E-state index is -0.615. The molecule has 0 fully saturated rings. The molecular formula is C23H34N5O3+. The van der Waals surface area contributed by atoms with Crippen LogP contribution in [-0.4, -0.2) is 35.1 Å². The maximum absolute atomic E-state index is 13.4. The van der Waals surface area contributed by atoms with Gasteiger partial charge < -0.3 is 10.6 Å². The predicted octanol–water partition coefficient (Wildman–Crippen LogP) is 0.405. The first-order valence-electron chi connectivity index (χ1n) is 11.0. The first-order valence-corrected chi connectivity index (χ1v) is 11.0. The summed E-state index contributed by atoms with van der Waals surface area (Å²) in [6, 6.07) is 8.31. The molecule has 0 radical (unpaired) electrons. The molecule has 1 atom stereocenters. The Morgan fingerprint density at radius 2 is 1.84 bits per heavy atom. The average molecular weight is 429 g/mol. The molecule has 0 saturated carbocycles. The number of H-pyrrole nitrogens is 1. The molecule has 4 N–H and O–H groups in total. The average Bonchev–Trinajstić information content (AvgIpc) is 2.69. The van der Waals surface area contributed by atoms with Gasteiger partial charge in [-0.05, 0) is 17.4 Å². The molecule has 0 aliphatic carbocycles. The number of rotatable bonds is 7. The van der Waals surface area contributed by atoms with E-state index in [-0.39, 0.29) is 35.8 Å². The molecule has 0 spiro atoms. The number of amides is 1. The van der Waals surface area contributed by atoms with E-state index in [9.17, 15) is 14.4 Å². The van der Waals surface area contributed by atoms with E-state index in [1.807, 2.05) is 39.8 Å². The Morgan fingerprint density at radius 1 is 1.16 bits per heavy atom. The molecule has 8 nitrogen and oxygen atoms in total. The van der Waals surface area contributed by atoms with E-state index in [1.165, 1.54) is 20.6 Å². The molecule has 168 valence electrons. The van der Waals surface area contributed by atoms with E-state index in [0.29, 0.717) is 13.1 Å². The predicted molar refractivity (Wildman–Crippen MR) is 122 cm³/mol. The van der Waals surface area contributed by atoms with Gasteiger partial charge in [0, 0.05) is 25.1 Å². The summed E-state index contributed by atoms with van der Waals surface area (Å²) in [5.41, 5.74) is 7.80. The highest BCUT2D eigenvalue weighted by molar-refractivity contribution is 5.96. The van der Waals surface area contributed by atoms with Crippen LogP contribution in [0.15, 0.2) is 33.9 Å². The molecule has 1 aliphatic rings. The number of nitrogens with one attached hydrogen (secondary N) is 2. The van der Waals surface area contributed by atoms with Gasteiger partial charge in [-0.25, -0.2) is 4.79 Å². The summed E-state index contributed by atoms with van der Waals surface area (Å²) in [6.45, 7) is 10.5. The highest BCUT2D eigenvalue weighted by Gasteiger charge is 2.29. The number of nitrogens with two attached hydrogens (primary N) is 1. The van der Waals surface area contributed by atoms with Crippen molar-refractivity contribution >= 4 is 17.4 Å². The van der Waals surface area contributed by atoms with Crippen molar-refractivity contribution in [2.45, 2.75) is 47.2 Å². The van der Waals surface area contributed by atoms with E-state index in [4.69, 9.17) is 5.73 Å². The van der Waals surface area contributed by atoms with Gasteiger partial charge in [0.25, 0.3) is 11.5 Å². The summed E-state index contributed by atoms with van der Waals surface area (Å²) in [6.07, 6.45) is 0.922. The minimum Gasteiger partial charge on any atom is -0.383 e. The first kappa shape index (κ1) is 22.8. The van der Waals surface area contributed by atoms with Gasteiger partial charge in [0.2, 0.25) is 0 Å².